The lowest BCUT2D eigenvalue weighted by atomic mass is 9.78. The van der Waals surface area contributed by atoms with E-state index in [1.165, 1.54) is 12.0 Å². The first-order valence-electron chi connectivity index (χ1n) is 8.05. The predicted octanol–water partition coefficient (Wildman–Crippen LogP) is 2.99. The van der Waals surface area contributed by atoms with Gasteiger partial charge in [-0.05, 0) is 44.1 Å². The summed E-state index contributed by atoms with van der Waals surface area (Å²) >= 11 is 0. The highest BCUT2D eigenvalue weighted by Crippen LogP contribution is 2.33. The van der Waals surface area contributed by atoms with Crippen LogP contribution in [0.2, 0.25) is 0 Å². The van der Waals surface area contributed by atoms with Gasteiger partial charge in [0.25, 0.3) is 0 Å². The van der Waals surface area contributed by atoms with Crippen LogP contribution >= 0.6 is 0 Å². The average molecular weight is 289 g/mol. The van der Waals surface area contributed by atoms with E-state index in [1.54, 1.807) is 0 Å². The predicted molar refractivity (Wildman–Crippen MR) is 85.1 cm³/mol. The molecule has 1 aliphatic carbocycles. The lowest BCUT2D eigenvalue weighted by molar-refractivity contribution is -0.122. The van der Waals surface area contributed by atoms with Crippen LogP contribution in [0, 0.1) is 12.8 Å². The second-order valence-electron chi connectivity index (χ2n) is 6.52. The molecule has 1 saturated carbocycles. The molecule has 0 spiro atoms. The smallest absolute Gasteiger partial charge is 0.224 e. The molecule has 0 bridgehead atoms. The first-order chi connectivity index (χ1) is 10.0. The minimum absolute atomic E-state index is 0.00936. The largest absolute Gasteiger partial charge is 0.388 e. The molecule has 3 nitrogen and oxygen atoms in total. The Morgan fingerprint density at radius 2 is 1.90 bits per heavy atom. The molecule has 3 heteroatoms. The van der Waals surface area contributed by atoms with Crippen molar-refractivity contribution in [2.24, 2.45) is 5.92 Å². The molecule has 0 radical (unpaired) electrons. The van der Waals surface area contributed by atoms with Crippen molar-refractivity contribution < 1.29 is 9.90 Å². The first kappa shape index (κ1) is 16.0. The van der Waals surface area contributed by atoms with Gasteiger partial charge in [-0.1, -0.05) is 43.2 Å². The van der Waals surface area contributed by atoms with Crippen molar-refractivity contribution in [3.05, 3.63) is 35.4 Å². The molecule has 0 aliphatic heterocycles. The summed E-state index contributed by atoms with van der Waals surface area (Å²) in [5.41, 5.74) is 1.51. The minimum atomic E-state index is -0.700. The van der Waals surface area contributed by atoms with E-state index >= 15 is 0 Å². The number of nitrogens with one attached hydrogen (secondary N) is 1. The highest BCUT2D eigenvalue weighted by molar-refractivity contribution is 5.78. The van der Waals surface area contributed by atoms with Crippen LogP contribution < -0.4 is 5.32 Å². The van der Waals surface area contributed by atoms with Gasteiger partial charge in [0.1, 0.15) is 0 Å². The molecule has 0 aromatic heterocycles. The molecule has 1 aromatic rings. The molecule has 0 saturated heterocycles. The zero-order valence-electron chi connectivity index (χ0n) is 13.2. The van der Waals surface area contributed by atoms with Crippen LogP contribution in [0.1, 0.15) is 50.2 Å². The van der Waals surface area contributed by atoms with E-state index in [-0.39, 0.29) is 5.91 Å². The number of hydrogen-bond acceptors (Lipinski definition) is 2. The van der Waals surface area contributed by atoms with Gasteiger partial charge in [-0.3, -0.25) is 4.79 Å². The summed E-state index contributed by atoms with van der Waals surface area (Å²) in [5, 5.41) is 13.4. The molecule has 2 N–H and O–H groups in total. The summed E-state index contributed by atoms with van der Waals surface area (Å²) in [6.45, 7) is 4.62. The van der Waals surface area contributed by atoms with Gasteiger partial charge in [0.05, 0.1) is 12.0 Å². The minimum Gasteiger partial charge on any atom is -0.388 e. The summed E-state index contributed by atoms with van der Waals surface area (Å²) in [7, 11) is 0. The maximum Gasteiger partial charge on any atom is 0.224 e. The Kier molecular flexibility index (Phi) is 5.40. The molecule has 0 heterocycles. The maximum atomic E-state index is 12.0. The van der Waals surface area contributed by atoms with Crippen LogP contribution in [-0.4, -0.2) is 23.2 Å². The second-order valence-corrected chi connectivity index (χ2v) is 6.52. The van der Waals surface area contributed by atoms with Gasteiger partial charge in [0.15, 0.2) is 0 Å². The van der Waals surface area contributed by atoms with Crippen LogP contribution in [0.5, 0.6) is 0 Å². The molecule has 0 atom stereocenters. The molecule has 21 heavy (non-hydrogen) atoms. The van der Waals surface area contributed by atoms with Crippen molar-refractivity contribution >= 4 is 5.91 Å². The van der Waals surface area contributed by atoms with E-state index in [4.69, 9.17) is 0 Å². The molecular weight excluding hydrogens is 262 g/mol. The van der Waals surface area contributed by atoms with E-state index in [9.17, 15) is 9.90 Å². The molecule has 116 valence electrons. The Hall–Kier alpha value is -1.35. The fourth-order valence-corrected chi connectivity index (χ4v) is 3.02. The summed E-state index contributed by atoms with van der Waals surface area (Å²) in [4.78, 5) is 12.0. The fourth-order valence-electron chi connectivity index (χ4n) is 3.02. The number of amides is 1. The van der Waals surface area contributed by atoms with Crippen molar-refractivity contribution in [2.75, 3.05) is 6.54 Å². The standard InChI is InChI=1S/C18H27NO2/c1-3-15-8-10-18(21,11-9-15)13-19-17(20)12-16-6-4-14(2)5-7-16/h4-7,15,21H,3,8-13H2,1-2H3,(H,19,20). The summed E-state index contributed by atoms with van der Waals surface area (Å²) in [6, 6.07) is 8.00. The van der Waals surface area contributed by atoms with Gasteiger partial charge < -0.3 is 10.4 Å². The topological polar surface area (TPSA) is 49.3 Å². The normalized spacial score (nSPS) is 25.6. The molecular formula is C18H27NO2. The number of carbonyl (C=O) groups excluding carboxylic acids is 1. The zero-order chi connectivity index (χ0) is 15.3. The van der Waals surface area contributed by atoms with Gasteiger partial charge in [0, 0.05) is 6.54 Å². The molecule has 1 aliphatic rings. The maximum absolute atomic E-state index is 12.0. The third-order valence-electron chi connectivity index (χ3n) is 4.71. The zero-order valence-corrected chi connectivity index (χ0v) is 13.2. The number of carbonyl (C=O) groups is 1. The number of benzene rings is 1. The molecule has 1 amide bonds. The van der Waals surface area contributed by atoms with Gasteiger partial charge in [0.2, 0.25) is 5.91 Å². The highest BCUT2D eigenvalue weighted by atomic mass is 16.3. The van der Waals surface area contributed by atoms with E-state index < -0.39 is 5.60 Å². The third-order valence-corrected chi connectivity index (χ3v) is 4.71. The number of hydrogen-bond donors (Lipinski definition) is 2. The van der Waals surface area contributed by atoms with E-state index in [2.05, 4.69) is 12.2 Å². The lowest BCUT2D eigenvalue weighted by Crippen LogP contribution is -2.45. The first-order valence-corrected chi connectivity index (χ1v) is 8.05. The summed E-state index contributed by atoms with van der Waals surface area (Å²) in [6.07, 6.45) is 5.32. The van der Waals surface area contributed by atoms with Crippen LogP contribution in [0.4, 0.5) is 0 Å². The van der Waals surface area contributed by atoms with E-state index in [0.717, 1.165) is 37.2 Å². The van der Waals surface area contributed by atoms with Crippen LogP contribution in [0.25, 0.3) is 0 Å². The highest BCUT2D eigenvalue weighted by Gasteiger charge is 2.32. The fraction of sp³-hybridized carbons (Fsp3) is 0.611. The quantitative estimate of drug-likeness (QED) is 0.875. The van der Waals surface area contributed by atoms with Gasteiger partial charge in [-0.25, -0.2) is 0 Å². The van der Waals surface area contributed by atoms with Gasteiger partial charge in [-0.2, -0.15) is 0 Å². The Morgan fingerprint density at radius 3 is 2.48 bits per heavy atom. The van der Waals surface area contributed by atoms with Crippen molar-refractivity contribution in [1.82, 2.24) is 5.32 Å². The van der Waals surface area contributed by atoms with Crippen LogP contribution in [0.15, 0.2) is 24.3 Å². The van der Waals surface area contributed by atoms with Crippen LogP contribution in [0.3, 0.4) is 0 Å². The summed E-state index contributed by atoms with van der Waals surface area (Å²) in [5.74, 6) is 0.735. The SMILES string of the molecule is CCC1CCC(O)(CNC(=O)Cc2ccc(C)cc2)CC1. The van der Waals surface area contributed by atoms with Crippen molar-refractivity contribution in [3.63, 3.8) is 0 Å². The summed E-state index contributed by atoms with van der Waals surface area (Å²) < 4.78 is 0. The number of aliphatic hydroxyl groups is 1. The Balaban J connectivity index is 1.77. The Bertz CT molecular complexity index is 459. The van der Waals surface area contributed by atoms with Crippen molar-refractivity contribution in [3.8, 4) is 0 Å². The van der Waals surface area contributed by atoms with Crippen molar-refractivity contribution in [2.45, 2.75) is 58.0 Å². The molecule has 2 rings (SSSR count). The lowest BCUT2D eigenvalue weighted by Gasteiger charge is -2.35. The molecule has 1 aromatic carbocycles. The molecule has 0 unspecified atom stereocenters. The van der Waals surface area contributed by atoms with Crippen molar-refractivity contribution in [1.29, 1.82) is 0 Å². The Labute approximate surface area is 127 Å². The van der Waals surface area contributed by atoms with E-state index in [1.807, 2.05) is 31.2 Å². The second kappa shape index (κ2) is 7.08. The Morgan fingerprint density at radius 1 is 1.29 bits per heavy atom. The monoisotopic (exact) mass is 289 g/mol. The number of rotatable bonds is 5. The van der Waals surface area contributed by atoms with E-state index in [0.29, 0.717) is 13.0 Å². The number of aryl methyl sites for hydroxylation is 1. The van der Waals surface area contributed by atoms with Crippen LogP contribution in [-0.2, 0) is 11.2 Å². The average Bonchev–Trinajstić information content (AvgIpc) is 2.49. The van der Waals surface area contributed by atoms with Gasteiger partial charge in [-0.15, -0.1) is 0 Å². The third kappa shape index (κ3) is 4.85. The van der Waals surface area contributed by atoms with Gasteiger partial charge >= 0.3 is 0 Å². The molecule has 1 fully saturated rings.